The maximum atomic E-state index is 11.9. The largest absolute Gasteiger partial charge is 0.452 e. The van der Waals surface area contributed by atoms with Gasteiger partial charge in [0.15, 0.2) is 6.61 Å². The van der Waals surface area contributed by atoms with E-state index in [0.29, 0.717) is 10.7 Å². The zero-order valence-corrected chi connectivity index (χ0v) is 13.5. The molecule has 9 heteroatoms. The van der Waals surface area contributed by atoms with Gasteiger partial charge >= 0.3 is 5.97 Å². The molecular weight excluding hydrogens is 359 g/mol. The van der Waals surface area contributed by atoms with Crippen LogP contribution in [0.4, 0.5) is 11.4 Å². The van der Waals surface area contributed by atoms with Crippen LogP contribution in [0.1, 0.15) is 10.4 Å². The molecule has 0 bridgehead atoms. The van der Waals surface area contributed by atoms with E-state index in [0.717, 1.165) is 18.2 Å². The third-order valence-electron chi connectivity index (χ3n) is 2.87. The SMILES string of the molecule is O=C(COC(=O)c1ccc([N+](=O)[O-])cc1Cl)Nc1ccccc1Cl. The number of nitro groups is 1. The van der Waals surface area contributed by atoms with E-state index in [1.54, 1.807) is 24.3 Å². The summed E-state index contributed by atoms with van der Waals surface area (Å²) >= 11 is 11.7. The van der Waals surface area contributed by atoms with E-state index in [1.807, 2.05) is 0 Å². The lowest BCUT2D eigenvalue weighted by molar-refractivity contribution is -0.384. The van der Waals surface area contributed by atoms with Gasteiger partial charge in [-0.3, -0.25) is 14.9 Å². The van der Waals surface area contributed by atoms with Gasteiger partial charge in [0.05, 0.1) is 26.2 Å². The van der Waals surface area contributed by atoms with Crippen molar-refractivity contribution < 1.29 is 19.2 Å². The second kappa shape index (κ2) is 7.76. The third-order valence-corrected chi connectivity index (χ3v) is 3.51. The molecule has 0 aliphatic heterocycles. The Kier molecular flexibility index (Phi) is 5.73. The number of benzene rings is 2. The molecule has 2 rings (SSSR count). The number of hydrogen-bond acceptors (Lipinski definition) is 5. The first-order valence-corrected chi connectivity index (χ1v) is 7.29. The molecule has 0 atom stereocenters. The molecule has 2 aromatic rings. The van der Waals surface area contributed by atoms with Crippen LogP contribution in [-0.4, -0.2) is 23.4 Å². The Morgan fingerprint density at radius 2 is 1.83 bits per heavy atom. The summed E-state index contributed by atoms with van der Waals surface area (Å²) in [5.74, 6) is -1.46. The van der Waals surface area contributed by atoms with Gasteiger partial charge in [-0.05, 0) is 18.2 Å². The van der Waals surface area contributed by atoms with Crippen molar-refractivity contribution >= 4 is 46.5 Å². The highest BCUT2D eigenvalue weighted by Gasteiger charge is 2.17. The minimum absolute atomic E-state index is 0.0761. The molecule has 0 fully saturated rings. The number of esters is 1. The molecule has 1 amide bonds. The topological polar surface area (TPSA) is 98.5 Å². The summed E-state index contributed by atoms with van der Waals surface area (Å²) in [6.45, 7) is -0.558. The fourth-order valence-electron chi connectivity index (χ4n) is 1.74. The Balaban J connectivity index is 1.97. The monoisotopic (exact) mass is 368 g/mol. The number of amides is 1. The number of hydrogen-bond donors (Lipinski definition) is 1. The summed E-state index contributed by atoms with van der Waals surface area (Å²) in [6.07, 6.45) is 0. The molecule has 0 unspecified atom stereocenters. The van der Waals surface area contributed by atoms with Crippen molar-refractivity contribution in [2.75, 3.05) is 11.9 Å². The molecule has 0 saturated heterocycles. The summed E-state index contributed by atoms with van der Waals surface area (Å²) in [6, 6.07) is 9.89. The van der Waals surface area contributed by atoms with Crippen LogP contribution < -0.4 is 5.32 Å². The first-order valence-electron chi connectivity index (χ1n) is 6.54. The number of carbonyl (C=O) groups is 2. The molecule has 124 valence electrons. The number of para-hydroxylation sites is 1. The fraction of sp³-hybridized carbons (Fsp3) is 0.0667. The van der Waals surface area contributed by atoms with Crippen LogP contribution in [0.25, 0.3) is 0 Å². The maximum Gasteiger partial charge on any atom is 0.340 e. The van der Waals surface area contributed by atoms with Crippen molar-refractivity contribution in [3.8, 4) is 0 Å². The van der Waals surface area contributed by atoms with Crippen molar-refractivity contribution in [2.24, 2.45) is 0 Å². The van der Waals surface area contributed by atoms with E-state index in [9.17, 15) is 19.7 Å². The lowest BCUT2D eigenvalue weighted by Gasteiger charge is -2.08. The lowest BCUT2D eigenvalue weighted by atomic mass is 10.2. The van der Waals surface area contributed by atoms with Crippen LogP contribution in [0.15, 0.2) is 42.5 Å². The van der Waals surface area contributed by atoms with Gasteiger partial charge in [0.1, 0.15) is 0 Å². The van der Waals surface area contributed by atoms with Crippen LogP contribution in [0.3, 0.4) is 0 Å². The first-order chi connectivity index (χ1) is 11.4. The number of anilines is 1. The predicted octanol–water partition coefficient (Wildman–Crippen LogP) is 3.70. The molecule has 0 saturated carbocycles. The van der Waals surface area contributed by atoms with Gasteiger partial charge in [0.25, 0.3) is 11.6 Å². The second-order valence-electron chi connectivity index (χ2n) is 4.53. The number of nitro benzene ring substituents is 1. The van der Waals surface area contributed by atoms with Crippen LogP contribution in [0, 0.1) is 10.1 Å². The van der Waals surface area contributed by atoms with Crippen LogP contribution in [0.2, 0.25) is 10.0 Å². The van der Waals surface area contributed by atoms with E-state index in [-0.39, 0.29) is 16.3 Å². The molecule has 24 heavy (non-hydrogen) atoms. The summed E-state index contributed by atoms with van der Waals surface area (Å²) < 4.78 is 4.83. The smallest absolute Gasteiger partial charge is 0.340 e. The van der Waals surface area contributed by atoms with E-state index in [2.05, 4.69) is 5.32 Å². The van der Waals surface area contributed by atoms with E-state index in [1.165, 1.54) is 0 Å². The Morgan fingerprint density at radius 3 is 2.46 bits per heavy atom. The number of non-ortho nitro benzene ring substituents is 1. The highest BCUT2D eigenvalue weighted by atomic mass is 35.5. The quantitative estimate of drug-likeness (QED) is 0.492. The Morgan fingerprint density at radius 1 is 1.12 bits per heavy atom. The Hall–Kier alpha value is -2.64. The second-order valence-corrected chi connectivity index (χ2v) is 5.34. The maximum absolute atomic E-state index is 11.9. The highest BCUT2D eigenvalue weighted by molar-refractivity contribution is 6.34. The summed E-state index contributed by atoms with van der Waals surface area (Å²) in [5, 5.41) is 13.3. The lowest BCUT2D eigenvalue weighted by Crippen LogP contribution is -2.21. The molecule has 1 N–H and O–H groups in total. The molecule has 0 radical (unpaired) electrons. The van der Waals surface area contributed by atoms with E-state index in [4.69, 9.17) is 27.9 Å². The number of halogens is 2. The number of ether oxygens (including phenoxy) is 1. The van der Waals surface area contributed by atoms with E-state index < -0.39 is 23.4 Å². The molecule has 0 heterocycles. The number of carbonyl (C=O) groups excluding carboxylic acids is 2. The van der Waals surface area contributed by atoms with Gasteiger partial charge in [-0.25, -0.2) is 4.79 Å². The van der Waals surface area contributed by atoms with Gasteiger partial charge in [0, 0.05) is 12.1 Å². The van der Waals surface area contributed by atoms with Crippen molar-refractivity contribution in [3.05, 3.63) is 68.2 Å². The molecule has 7 nitrogen and oxygen atoms in total. The zero-order valence-electron chi connectivity index (χ0n) is 12.0. The Labute approximate surface area is 146 Å². The predicted molar refractivity (Wildman–Crippen MR) is 88.5 cm³/mol. The standard InChI is InChI=1S/C15H10Cl2N2O5/c16-11-3-1-2-4-13(11)18-14(20)8-24-15(21)10-6-5-9(19(22)23)7-12(10)17/h1-7H,8H2,(H,18,20). The molecular formula is C15H10Cl2N2O5. The summed E-state index contributed by atoms with van der Waals surface area (Å²) in [7, 11) is 0. The number of nitrogens with zero attached hydrogens (tertiary/aromatic N) is 1. The normalized spacial score (nSPS) is 10.1. The average Bonchev–Trinajstić information content (AvgIpc) is 2.54. The first kappa shape index (κ1) is 17.7. The molecule has 0 spiro atoms. The summed E-state index contributed by atoms with van der Waals surface area (Å²) in [5.41, 5.74) is 0.0504. The number of rotatable bonds is 5. The van der Waals surface area contributed by atoms with Gasteiger partial charge in [-0.1, -0.05) is 35.3 Å². The van der Waals surface area contributed by atoms with Crippen LogP contribution in [0.5, 0.6) is 0 Å². The van der Waals surface area contributed by atoms with Crippen LogP contribution in [-0.2, 0) is 9.53 Å². The van der Waals surface area contributed by atoms with Crippen molar-refractivity contribution in [1.29, 1.82) is 0 Å². The third kappa shape index (κ3) is 4.43. The minimum atomic E-state index is -0.871. The van der Waals surface area contributed by atoms with E-state index >= 15 is 0 Å². The van der Waals surface area contributed by atoms with Crippen molar-refractivity contribution in [2.45, 2.75) is 0 Å². The van der Waals surface area contributed by atoms with Gasteiger partial charge in [-0.15, -0.1) is 0 Å². The fourth-order valence-corrected chi connectivity index (χ4v) is 2.18. The molecule has 0 aliphatic rings. The minimum Gasteiger partial charge on any atom is -0.452 e. The van der Waals surface area contributed by atoms with Gasteiger partial charge in [0.2, 0.25) is 0 Å². The van der Waals surface area contributed by atoms with Crippen molar-refractivity contribution in [3.63, 3.8) is 0 Å². The van der Waals surface area contributed by atoms with Crippen LogP contribution >= 0.6 is 23.2 Å². The Bertz CT molecular complexity index is 810. The molecule has 2 aromatic carbocycles. The number of nitrogens with one attached hydrogen (secondary N) is 1. The summed E-state index contributed by atoms with van der Waals surface area (Å²) in [4.78, 5) is 33.6. The van der Waals surface area contributed by atoms with Gasteiger partial charge in [-0.2, -0.15) is 0 Å². The van der Waals surface area contributed by atoms with Gasteiger partial charge < -0.3 is 10.1 Å². The zero-order chi connectivity index (χ0) is 17.7. The highest BCUT2D eigenvalue weighted by Crippen LogP contribution is 2.23. The molecule has 0 aliphatic carbocycles. The molecule has 0 aromatic heterocycles. The average molecular weight is 369 g/mol. The van der Waals surface area contributed by atoms with Crippen molar-refractivity contribution in [1.82, 2.24) is 0 Å².